The molecule has 0 atom stereocenters. The fourth-order valence-electron chi connectivity index (χ4n) is 1.22. The Kier molecular flexibility index (Phi) is 5.19. The van der Waals surface area contributed by atoms with E-state index in [1.54, 1.807) is 18.5 Å². The summed E-state index contributed by atoms with van der Waals surface area (Å²) in [4.78, 5) is 15.2. The molecule has 0 radical (unpaired) electrons. The number of amides is 1. The summed E-state index contributed by atoms with van der Waals surface area (Å²) in [6.07, 6.45) is 3.29. The topological polar surface area (TPSA) is 77.2 Å². The monoisotopic (exact) mass is 261 g/mol. The molecule has 5 nitrogen and oxygen atoms in total. The molecule has 0 bridgehead atoms. The number of nitrogens with zero attached hydrogens (tertiary/aromatic N) is 1. The van der Waals surface area contributed by atoms with Gasteiger partial charge in [-0.2, -0.15) is 0 Å². The van der Waals surface area contributed by atoms with Crippen molar-refractivity contribution in [2.24, 2.45) is 0 Å². The second-order valence-corrected chi connectivity index (χ2v) is 4.94. The minimum absolute atomic E-state index is 0.433. The van der Waals surface area contributed by atoms with Gasteiger partial charge in [0.25, 0.3) is 0 Å². The van der Waals surface area contributed by atoms with Crippen LogP contribution in [0.1, 0.15) is 32.8 Å². The van der Waals surface area contributed by atoms with Crippen LogP contribution in [0.15, 0.2) is 18.5 Å². The van der Waals surface area contributed by atoms with E-state index >= 15 is 0 Å². The Bertz CT molecular complexity index is 495. The number of carbonyl (C=O) groups excluding carboxylic acids is 1. The van der Waals surface area contributed by atoms with Crippen molar-refractivity contribution in [1.29, 1.82) is 0 Å². The number of pyridine rings is 1. The van der Waals surface area contributed by atoms with Crippen LogP contribution in [0.4, 0.5) is 10.5 Å². The van der Waals surface area contributed by atoms with Gasteiger partial charge >= 0.3 is 6.09 Å². The van der Waals surface area contributed by atoms with E-state index in [-0.39, 0.29) is 0 Å². The van der Waals surface area contributed by atoms with Crippen LogP contribution in [-0.4, -0.2) is 23.2 Å². The summed E-state index contributed by atoms with van der Waals surface area (Å²) in [5, 5.41) is 2.63. The molecule has 1 aromatic rings. The maximum atomic E-state index is 11.3. The van der Waals surface area contributed by atoms with E-state index in [1.807, 2.05) is 20.8 Å². The molecule has 102 valence electrons. The summed E-state index contributed by atoms with van der Waals surface area (Å²) in [6.45, 7) is 5.89. The largest absolute Gasteiger partial charge is 0.444 e. The molecule has 0 aliphatic carbocycles. The summed E-state index contributed by atoms with van der Waals surface area (Å²) >= 11 is 0. The lowest BCUT2D eigenvalue weighted by atomic mass is 10.2. The van der Waals surface area contributed by atoms with Gasteiger partial charge in [-0.05, 0) is 26.8 Å². The van der Waals surface area contributed by atoms with E-state index < -0.39 is 11.7 Å². The van der Waals surface area contributed by atoms with Crippen molar-refractivity contribution < 1.29 is 9.53 Å². The number of hydrogen-bond acceptors (Lipinski definition) is 4. The number of hydrogen-bond donors (Lipinski definition) is 2. The second kappa shape index (κ2) is 6.64. The molecule has 0 fully saturated rings. The van der Waals surface area contributed by atoms with Gasteiger partial charge in [0.15, 0.2) is 0 Å². The first kappa shape index (κ1) is 14.8. The predicted molar refractivity (Wildman–Crippen MR) is 74.4 cm³/mol. The third-order valence-corrected chi connectivity index (χ3v) is 1.99. The zero-order valence-corrected chi connectivity index (χ0v) is 11.5. The van der Waals surface area contributed by atoms with Crippen LogP contribution in [0.5, 0.6) is 0 Å². The summed E-state index contributed by atoms with van der Waals surface area (Å²) in [5.41, 5.74) is 6.51. The van der Waals surface area contributed by atoms with Crippen LogP contribution in [0.3, 0.4) is 0 Å². The molecule has 0 aliphatic heterocycles. The molecule has 1 aromatic heterocycles. The number of nitrogens with two attached hydrogens (primary N) is 1. The van der Waals surface area contributed by atoms with E-state index in [0.29, 0.717) is 18.7 Å². The van der Waals surface area contributed by atoms with Crippen molar-refractivity contribution in [2.45, 2.75) is 32.8 Å². The smallest absolute Gasteiger partial charge is 0.407 e. The van der Waals surface area contributed by atoms with Crippen molar-refractivity contribution in [2.75, 3.05) is 12.3 Å². The lowest BCUT2D eigenvalue weighted by Crippen LogP contribution is -2.32. The van der Waals surface area contributed by atoms with E-state index in [9.17, 15) is 4.79 Å². The average molecular weight is 261 g/mol. The van der Waals surface area contributed by atoms with Gasteiger partial charge in [0.1, 0.15) is 5.60 Å². The van der Waals surface area contributed by atoms with Gasteiger partial charge in [-0.25, -0.2) is 4.79 Å². The molecular weight excluding hydrogens is 242 g/mol. The van der Waals surface area contributed by atoms with Gasteiger partial charge in [-0.1, -0.05) is 11.8 Å². The minimum Gasteiger partial charge on any atom is -0.444 e. The second-order valence-electron chi connectivity index (χ2n) is 4.94. The number of aromatic nitrogens is 1. The van der Waals surface area contributed by atoms with Crippen molar-refractivity contribution >= 4 is 11.8 Å². The highest BCUT2D eigenvalue weighted by atomic mass is 16.6. The van der Waals surface area contributed by atoms with Crippen LogP contribution in [0.2, 0.25) is 0 Å². The number of ether oxygens (including phenoxy) is 1. The molecule has 0 aliphatic rings. The van der Waals surface area contributed by atoms with Crippen molar-refractivity contribution in [3.05, 3.63) is 24.0 Å². The Morgan fingerprint density at radius 2 is 2.26 bits per heavy atom. The highest BCUT2D eigenvalue weighted by Crippen LogP contribution is 2.07. The van der Waals surface area contributed by atoms with Crippen molar-refractivity contribution in [3.63, 3.8) is 0 Å². The third-order valence-electron chi connectivity index (χ3n) is 1.99. The van der Waals surface area contributed by atoms with Crippen LogP contribution in [0, 0.1) is 11.8 Å². The van der Waals surface area contributed by atoms with E-state index in [4.69, 9.17) is 10.5 Å². The van der Waals surface area contributed by atoms with Gasteiger partial charge in [-0.15, -0.1) is 0 Å². The van der Waals surface area contributed by atoms with Gasteiger partial charge in [-0.3, -0.25) is 4.98 Å². The molecule has 19 heavy (non-hydrogen) atoms. The molecule has 1 amide bonds. The van der Waals surface area contributed by atoms with Crippen molar-refractivity contribution in [3.8, 4) is 11.8 Å². The fourth-order valence-corrected chi connectivity index (χ4v) is 1.22. The number of anilines is 1. The summed E-state index contributed by atoms with van der Waals surface area (Å²) in [5.74, 6) is 5.86. The number of alkyl carbamates (subject to hydrolysis) is 1. The zero-order chi connectivity index (χ0) is 14.3. The summed E-state index contributed by atoms with van der Waals surface area (Å²) < 4.78 is 5.10. The van der Waals surface area contributed by atoms with E-state index in [2.05, 4.69) is 22.1 Å². The Hall–Kier alpha value is -2.22. The Labute approximate surface area is 113 Å². The third kappa shape index (κ3) is 6.32. The van der Waals surface area contributed by atoms with E-state index in [1.165, 1.54) is 0 Å². The maximum Gasteiger partial charge on any atom is 0.407 e. The molecule has 0 aromatic carbocycles. The number of rotatable bonds is 2. The van der Waals surface area contributed by atoms with E-state index in [0.717, 1.165) is 5.56 Å². The first-order valence-electron chi connectivity index (χ1n) is 6.04. The van der Waals surface area contributed by atoms with Gasteiger partial charge in [0, 0.05) is 19.2 Å². The quantitative estimate of drug-likeness (QED) is 0.630. The molecule has 5 heteroatoms. The molecule has 1 rings (SSSR count). The number of nitrogen functional groups attached to an aromatic ring is 1. The first-order chi connectivity index (χ1) is 8.88. The molecular formula is C14H19N3O2. The standard InChI is InChI=1S/C14H19N3O2/c1-14(2,3)19-13(18)17-8-5-4-6-11-7-9-16-10-12(11)15/h7,9-10H,5,8,15H2,1-3H3,(H,17,18). The lowest BCUT2D eigenvalue weighted by molar-refractivity contribution is 0.0529. The van der Waals surface area contributed by atoms with Gasteiger partial charge in [0.2, 0.25) is 0 Å². The van der Waals surface area contributed by atoms with Crippen LogP contribution in [-0.2, 0) is 4.74 Å². The Morgan fingerprint density at radius 3 is 2.89 bits per heavy atom. The molecule has 0 saturated carbocycles. The lowest BCUT2D eigenvalue weighted by Gasteiger charge is -2.19. The number of nitrogens with one attached hydrogen (secondary N) is 1. The molecule has 3 N–H and O–H groups in total. The van der Waals surface area contributed by atoms with Gasteiger partial charge < -0.3 is 15.8 Å². The molecule has 1 heterocycles. The molecule has 0 unspecified atom stereocenters. The normalized spacial score (nSPS) is 10.3. The first-order valence-corrected chi connectivity index (χ1v) is 6.04. The highest BCUT2D eigenvalue weighted by molar-refractivity contribution is 5.67. The van der Waals surface area contributed by atoms with Crippen LogP contribution in [0.25, 0.3) is 0 Å². The minimum atomic E-state index is -0.485. The average Bonchev–Trinajstić information content (AvgIpc) is 2.28. The highest BCUT2D eigenvalue weighted by Gasteiger charge is 2.15. The molecule has 0 saturated heterocycles. The SMILES string of the molecule is CC(C)(C)OC(=O)NCCC#Cc1ccncc1N. The van der Waals surface area contributed by atoms with Crippen LogP contribution >= 0.6 is 0 Å². The van der Waals surface area contributed by atoms with Crippen molar-refractivity contribution in [1.82, 2.24) is 10.3 Å². The van der Waals surface area contributed by atoms with Gasteiger partial charge in [0.05, 0.1) is 17.4 Å². The molecule has 0 spiro atoms. The Morgan fingerprint density at radius 1 is 1.53 bits per heavy atom. The Balaban J connectivity index is 2.33. The zero-order valence-electron chi connectivity index (χ0n) is 11.5. The maximum absolute atomic E-state index is 11.3. The summed E-state index contributed by atoms with van der Waals surface area (Å²) in [6, 6.07) is 1.75. The number of carbonyl (C=O) groups is 1. The predicted octanol–water partition coefficient (Wildman–Crippen LogP) is 1.93. The summed E-state index contributed by atoms with van der Waals surface area (Å²) in [7, 11) is 0. The van der Waals surface area contributed by atoms with Crippen LogP contribution < -0.4 is 11.1 Å². The fraction of sp³-hybridized carbons (Fsp3) is 0.429.